The predicted molar refractivity (Wildman–Crippen MR) is 197 cm³/mol. The predicted octanol–water partition coefficient (Wildman–Crippen LogP) is 7.35. The topological polar surface area (TPSA) is 68.7 Å². The Bertz CT molecular complexity index is 1380. The first-order valence-electron chi connectivity index (χ1n) is 18.3. The Morgan fingerprint density at radius 3 is 2.42 bits per heavy atom. The molecule has 1 aliphatic carbocycles. The van der Waals surface area contributed by atoms with E-state index in [0.29, 0.717) is 43.3 Å². The monoisotopic (exact) mass is 743 g/mol. The van der Waals surface area contributed by atoms with Crippen molar-refractivity contribution in [2.75, 3.05) is 45.8 Å². The quantitative estimate of drug-likeness (QED) is 0.316. The number of fused-ring (bicyclic) bond motifs is 2. The summed E-state index contributed by atoms with van der Waals surface area (Å²) in [5, 5.41) is 0.817. The molecule has 4 heterocycles. The molecule has 3 fully saturated rings. The maximum absolute atomic E-state index is 13.7. The van der Waals surface area contributed by atoms with Crippen molar-refractivity contribution in [3.63, 3.8) is 0 Å². The number of ether oxygens (including phenoxy) is 1. The van der Waals surface area contributed by atoms with Gasteiger partial charge in [-0.2, -0.15) is 0 Å². The number of likely N-dealkylation sites (tertiary alicyclic amines) is 2. The third-order valence-electron chi connectivity index (χ3n) is 11.4. The zero-order valence-corrected chi connectivity index (χ0v) is 31.9. The van der Waals surface area contributed by atoms with Gasteiger partial charge < -0.3 is 14.5 Å². The molecule has 1 aromatic rings. The van der Waals surface area contributed by atoms with Gasteiger partial charge in [0.25, 0.3) is 0 Å². The Morgan fingerprint density at radius 2 is 1.73 bits per heavy atom. The zero-order chi connectivity index (χ0) is 34.2. The second-order valence-electron chi connectivity index (χ2n) is 16.1. The summed E-state index contributed by atoms with van der Waals surface area (Å²) in [6.07, 6.45) is 10.8. The van der Waals surface area contributed by atoms with Crippen LogP contribution in [0.5, 0.6) is 0 Å². The molecule has 10 heteroatoms. The van der Waals surface area contributed by atoms with Gasteiger partial charge in [-0.25, -0.2) is 4.79 Å². The maximum Gasteiger partial charge on any atom is 0.410 e. The fraction of sp³-hybridized carbons (Fsp3) is 0.711. The van der Waals surface area contributed by atoms with E-state index in [1.807, 2.05) is 27.0 Å². The van der Waals surface area contributed by atoms with E-state index in [4.69, 9.17) is 21.3 Å². The number of carbonyl (C=O) groups excluding carboxylic acids is 2. The van der Waals surface area contributed by atoms with E-state index in [9.17, 15) is 9.59 Å². The van der Waals surface area contributed by atoms with Crippen LogP contribution in [-0.4, -0.2) is 107 Å². The Hall–Kier alpha value is -1.94. The average Bonchev–Trinajstić information content (AvgIpc) is 3.20. The lowest BCUT2D eigenvalue weighted by Gasteiger charge is -2.49. The molecule has 6 rings (SSSR count). The molecule has 2 amide bonds. The highest BCUT2D eigenvalue weighted by molar-refractivity contribution is 9.12. The fourth-order valence-electron chi connectivity index (χ4n) is 8.77. The highest BCUT2D eigenvalue weighted by atomic mass is 79.9. The van der Waals surface area contributed by atoms with E-state index in [1.165, 1.54) is 11.1 Å². The van der Waals surface area contributed by atoms with Crippen molar-refractivity contribution in [2.45, 2.75) is 109 Å². The van der Waals surface area contributed by atoms with Gasteiger partial charge in [0, 0.05) is 86.0 Å². The molecule has 5 aliphatic rings. The molecule has 0 N–H and O–H groups in total. The number of hydrogen-bond donors (Lipinski definition) is 0. The van der Waals surface area contributed by atoms with E-state index >= 15 is 0 Å². The van der Waals surface area contributed by atoms with E-state index < -0.39 is 5.60 Å². The Balaban J connectivity index is 1.04. The summed E-state index contributed by atoms with van der Waals surface area (Å²) in [5.41, 5.74) is 2.28. The number of nitrogens with zero attached hydrogens (tertiary/aromatic N) is 5. The minimum atomic E-state index is -0.492. The average molecular weight is 745 g/mol. The number of amides is 2. The van der Waals surface area contributed by atoms with E-state index in [1.54, 1.807) is 4.90 Å². The molecule has 8 nitrogen and oxygen atoms in total. The van der Waals surface area contributed by atoms with Crippen LogP contribution in [0.4, 0.5) is 4.79 Å². The summed E-state index contributed by atoms with van der Waals surface area (Å²) >= 11 is 10.2. The molecule has 4 atom stereocenters. The summed E-state index contributed by atoms with van der Waals surface area (Å²) < 4.78 is 6.65. The molecule has 264 valence electrons. The molecule has 0 spiro atoms. The first kappa shape index (κ1) is 35.9. The van der Waals surface area contributed by atoms with E-state index in [2.05, 4.69) is 68.8 Å². The van der Waals surface area contributed by atoms with Gasteiger partial charge in [0.15, 0.2) is 0 Å². The van der Waals surface area contributed by atoms with Crippen LogP contribution in [0.1, 0.15) is 90.3 Å². The second kappa shape index (κ2) is 15.1. The second-order valence-corrected chi connectivity index (χ2v) is 17.4. The number of dihydropyridines is 1. The minimum absolute atomic E-state index is 0.217. The number of halogens is 2. The highest BCUT2D eigenvalue weighted by Gasteiger charge is 2.42. The molecular formula is C38H55BrClN5O3. The number of aryl methyl sites for hydroxylation is 1. The molecule has 3 unspecified atom stereocenters. The van der Waals surface area contributed by atoms with Crippen molar-refractivity contribution >= 4 is 45.7 Å². The SMILES string of the molecule is CC(C)[C@H]1CN(C2CCN(C3c4ccc(Cl)cc4CCC4C=C(Br)C=NC43)CC2)CCN1C(=O)CC1CCN(C(=O)OC(C)(C)C)CC1. The van der Waals surface area contributed by atoms with Crippen molar-refractivity contribution in [2.24, 2.45) is 22.7 Å². The number of benzene rings is 1. The normalized spacial score (nSPS) is 28.1. The lowest BCUT2D eigenvalue weighted by molar-refractivity contribution is -0.139. The van der Waals surface area contributed by atoms with Crippen molar-refractivity contribution in [3.8, 4) is 0 Å². The Morgan fingerprint density at radius 1 is 1.00 bits per heavy atom. The van der Waals surface area contributed by atoms with Crippen LogP contribution >= 0.6 is 27.5 Å². The summed E-state index contributed by atoms with van der Waals surface area (Å²) in [6, 6.07) is 7.73. The number of piperidine rings is 2. The van der Waals surface area contributed by atoms with Crippen molar-refractivity contribution < 1.29 is 14.3 Å². The van der Waals surface area contributed by atoms with Gasteiger partial charge in [-0.05, 0) is 110 Å². The van der Waals surface area contributed by atoms with Crippen LogP contribution in [0, 0.1) is 17.8 Å². The Kier molecular flexibility index (Phi) is 11.3. The van der Waals surface area contributed by atoms with Gasteiger partial charge in [0.05, 0.1) is 12.1 Å². The van der Waals surface area contributed by atoms with Crippen molar-refractivity contribution in [3.05, 3.63) is 44.9 Å². The molecule has 1 aromatic carbocycles. The molecule has 4 aliphatic heterocycles. The molecule has 48 heavy (non-hydrogen) atoms. The molecule has 0 radical (unpaired) electrons. The third-order valence-corrected chi connectivity index (χ3v) is 12.1. The standard InChI is InChI=1S/C38H55BrClN5O3/c1-25(2)33-24-44(18-19-45(33)34(46)20-26-10-14-43(15-11-26)37(47)48-38(3,4)5)31-12-16-42(17-13-31)36-32-9-8-30(40)22-27(32)6-7-28-21-29(39)23-41-35(28)36/h8-9,21-23,25-26,28,31,33,35-36H,6-7,10-20,24H2,1-5H3/t28?,33-,35?,36?/m1/s1. The number of hydrogen-bond acceptors (Lipinski definition) is 6. The lowest BCUT2D eigenvalue weighted by atomic mass is 9.86. The highest BCUT2D eigenvalue weighted by Crippen LogP contribution is 2.43. The van der Waals surface area contributed by atoms with Crippen molar-refractivity contribution in [1.82, 2.24) is 19.6 Å². The molecule has 0 bridgehead atoms. The summed E-state index contributed by atoms with van der Waals surface area (Å²) in [5.74, 6) is 1.41. The first-order chi connectivity index (χ1) is 22.9. The van der Waals surface area contributed by atoms with E-state index in [0.717, 1.165) is 80.8 Å². The van der Waals surface area contributed by atoms with Crippen LogP contribution in [0.15, 0.2) is 33.7 Å². The van der Waals surface area contributed by atoms with Gasteiger partial charge in [0.1, 0.15) is 5.60 Å². The number of rotatable bonds is 5. The molecule has 0 aromatic heterocycles. The van der Waals surface area contributed by atoms with Gasteiger partial charge in [0.2, 0.25) is 5.91 Å². The minimum Gasteiger partial charge on any atom is -0.444 e. The number of piperazine rings is 1. The summed E-state index contributed by atoms with van der Waals surface area (Å²) in [7, 11) is 0. The van der Waals surface area contributed by atoms with E-state index in [-0.39, 0.29) is 30.1 Å². The molecular weight excluding hydrogens is 690 g/mol. The number of carbonyl (C=O) groups is 2. The summed E-state index contributed by atoms with van der Waals surface area (Å²) in [4.78, 5) is 40.7. The van der Waals surface area contributed by atoms with Crippen LogP contribution < -0.4 is 0 Å². The number of aliphatic imine (C=N–C) groups is 1. The van der Waals surface area contributed by atoms with Crippen LogP contribution in [0.25, 0.3) is 0 Å². The maximum atomic E-state index is 13.7. The van der Waals surface area contributed by atoms with Crippen LogP contribution in [-0.2, 0) is 16.0 Å². The molecule has 3 saturated heterocycles. The van der Waals surface area contributed by atoms with Gasteiger partial charge >= 0.3 is 6.09 Å². The van der Waals surface area contributed by atoms with Gasteiger partial charge in [-0.15, -0.1) is 0 Å². The largest absolute Gasteiger partial charge is 0.444 e. The third kappa shape index (κ3) is 8.33. The number of allylic oxidation sites excluding steroid dienone is 1. The smallest absolute Gasteiger partial charge is 0.410 e. The Labute approximate surface area is 301 Å². The zero-order valence-electron chi connectivity index (χ0n) is 29.5. The summed E-state index contributed by atoms with van der Waals surface area (Å²) in [6.45, 7) is 16.3. The van der Waals surface area contributed by atoms with Gasteiger partial charge in [-0.3, -0.25) is 19.6 Å². The van der Waals surface area contributed by atoms with Crippen LogP contribution in [0.2, 0.25) is 5.02 Å². The first-order valence-corrected chi connectivity index (χ1v) is 19.5. The van der Waals surface area contributed by atoms with Gasteiger partial charge in [-0.1, -0.05) is 37.6 Å². The lowest BCUT2D eigenvalue weighted by Crippen LogP contribution is -2.60. The van der Waals surface area contributed by atoms with Crippen molar-refractivity contribution in [1.29, 1.82) is 0 Å². The fourth-order valence-corrected chi connectivity index (χ4v) is 9.42. The molecule has 0 saturated carbocycles. The van der Waals surface area contributed by atoms with Crippen LogP contribution in [0.3, 0.4) is 0 Å².